The Hall–Kier alpha value is -0.739. The topological polar surface area (TPSA) is 216 Å². The van der Waals surface area contributed by atoms with E-state index in [1.165, 1.54) is 63.8 Å². The molecule has 42 heteroatoms. The smallest absolute Gasteiger partial charge is 0.491 e. The molecule has 4 atom stereocenters. The van der Waals surface area contributed by atoms with Crippen LogP contribution in [0.3, 0.4) is 0 Å². The highest BCUT2D eigenvalue weighted by Crippen LogP contribution is 2.41. The zero-order valence-corrected chi connectivity index (χ0v) is 58.7. The van der Waals surface area contributed by atoms with Crippen molar-refractivity contribution in [2.24, 2.45) is 29.0 Å². The van der Waals surface area contributed by atoms with E-state index in [4.69, 9.17) is 69.1 Å². The van der Waals surface area contributed by atoms with Crippen LogP contribution in [0, 0.1) is 11.8 Å². The first-order valence-electron chi connectivity index (χ1n) is 27.5. The van der Waals surface area contributed by atoms with E-state index in [0.717, 1.165) is 0 Å². The van der Waals surface area contributed by atoms with Crippen molar-refractivity contribution in [1.82, 2.24) is 0 Å². The van der Waals surface area contributed by atoms with E-state index in [2.05, 4.69) is 5.73 Å². The van der Waals surface area contributed by atoms with Crippen LogP contribution in [0.1, 0.15) is 105 Å². The van der Waals surface area contributed by atoms with E-state index in [9.17, 15) is 83.4 Å². The van der Waals surface area contributed by atoms with Gasteiger partial charge in [0.15, 0.2) is 0 Å². The Labute approximate surface area is 511 Å². The van der Waals surface area contributed by atoms with Crippen LogP contribution in [0.2, 0.25) is 49.4 Å². The summed E-state index contributed by atoms with van der Waals surface area (Å²) < 4.78 is 307. The van der Waals surface area contributed by atoms with Gasteiger partial charge in [-0.1, -0.05) is 6.92 Å². The lowest BCUT2D eigenvalue weighted by atomic mass is 9.94. The fourth-order valence-corrected chi connectivity index (χ4v) is 31.7. The first kappa shape index (κ1) is 96.0. The summed E-state index contributed by atoms with van der Waals surface area (Å²) >= 11 is 0. The van der Waals surface area contributed by atoms with E-state index < -0.39 is 158 Å². The average molecular weight is 1450 g/mol. The third-order valence-electron chi connectivity index (χ3n) is 12.6. The van der Waals surface area contributed by atoms with Gasteiger partial charge in [-0.2, -0.15) is 52.7 Å². The Balaban J connectivity index is -0.000000360. The molecule has 0 saturated heterocycles. The highest BCUT2D eigenvalue weighted by Gasteiger charge is 2.57. The number of hydrogen-bond donors (Lipinski definition) is 4. The van der Waals surface area contributed by atoms with Crippen LogP contribution in [-0.2, 0) is 51.9 Å². The molecular formula is C46H98F20N4O12Si6. The summed E-state index contributed by atoms with van der Waals surface area (Å²) in [6.07, 6.45) is -25.9. The maximum atomic E-state index is 13.0. The summed E-state index contributed by atoms with van der Waals surface area (Å²) in [5.74, 6) is -14.6. The van der Waals surface area contributed by atoms with Crippen molar-refractivity contribution in [2.45, 2.75) is 203 Å². The van der Waals surface area contributed by atoms with Crippen molar-refractivity contribution in [2.75, 3.05) is 83.1 Å². The van der Waals surface area contributed by atoms with E-state index in [0.29, 0.717) is 96.8 Å². The van der Waals surface area contributed by atoms with Crippen LogP contribution in [0.5, 0.6) is 0 Å². The maximum Gasteiger partial charge on any atom is 0.491 e. The molecule has 4 unspecified atom stereocenters. The number of alkyl halides is 19. The Morgan fingerprint density at radius 1 is 0.409 bits per heavy atom. The zero-order valence-electron chi connectivity index (χ0n) is 52.7. The van der Waals surface area contributed by atoms with Gasteiger partial charge in [-0.15, -0.1) is 0 Å². The number of quaternary nitrogens is 1. The summed E-state index contributed by atoms with van der Waals surface area (Å²) in [5.41, 5.74) is 20.5. The van der Waals surface area contributed by atoms with E-state index in [1.54, 1.807) is 13.1 Å². The lowest BCUT2D eigenvalue weighted by Crippen LogP contribution is -3.00. The summed E-state index contributed by atoms with van der Waals surface area (Å²) in [4.78, 5) is 0. The quantitative estimate of drug-likeness (QED) is 0.0331. The normalized spacial score (nSPS) is 15.4. The van der Waals surface area contributed by atoms with Gasteiger partial charge < -0.3 is 79.5 Å². The molecule has 0 rings (SSSR count). The van der Waals surface area contributed by atoms with Crippen LogP contribution in [0.15, 0.2) is 0 Å². The average Bonchev–Trinajstić information content (AvgIpc) is 3.40. The van der Waals surface area contributed by atoms with E-state index >= 15 is 0 Å². The molecule has 0 aliphatic carbocycles. The molecular weight excluding hydrogens is 1350 g/mol. The number of nitrogens with two attached hydrogens (primary N) is 3. The predicted molar refractivity (Wildman–Crippen MR) is 299 cm³/mol. The Bertz CT molecular complexity index is 1610. The largest absolute Gasteiger partial charge is 1.00 e. The van der Waals surface area contributed by atoms with Crippen LogP contribution in [0.4, 0.5) is 83.4 Å². The van der Waals surface area contributed by atoms with Crippen LogP contribution < -0.4 is 27.6 Å². The van der Waals surface area contributed by atoms with E-state index in [1.807, 2.05) is 0 Å². The van der Waals surface area contributed by atoms with Gasteiger partial charge in [-0.05, 0) is 104 Å². The van der Waals surface area contributed by atoms with Gasteiger partial charge in [0.1, 0.15) is 6.17 Å². The van der Waals surface area contributed by atoms with Gasteiger partial charge >= 0.3 is 77.0 Å². The third-order valence-corrected chi connectivity index (χ3v) is 35.7. The second-order valence-electron chi connectivity index (χ2n) is 20.7. The monoisotopic (exact) mass is 1450 g/mol. The number of halogens is 20. The fraction of sp³-hybridized carbons (Fsp3) is 1.00. The molecule has 0 saturated carbocycles. The van der Waals surface area contributed by atoms with E-state index in [-0.39, 0.29) is 23.2 Å². The highest BCUT2D eigenvalue weighted by molar-refractivity contribution is 6.84. The predicted octanol–water partition coefficient (Wildman–Crippen LogP) is 9.69. The molecule has 0 amide bonds. The molecule has 0 heterocycles. The molecule has 9 N–H and O–H groups in total. The molecule has 0 radical (unpaired) electrons. The Morgan fingerprint density at radius 3 is 0.875 bits per heavy atom. The molecule has 88 heavy (non-hydrogen) atoms. The van der Waals surface area contributed by atoms with Gasteiger partial charge in [0.2, 0.25) is 17.8 Å². The molecule has 16 nitrogen and oxygen atoms in total. The molecule has 0 bridgehead atoms. The van der Waals surface area contributed by atoms with Crippen molar-refractivity contribution in [1.29, 1.82) is 0 Å². The number of rotatable bonds is 42. The van der Waals surface area contributed by atoms with Gasteiger partial charge in [0.05, 0.1) is 18.4 Å². The maximum absolute atomic E-state index is 13.0. The fourth-order valence-electron chi connectivity index (χ4n) is 7.77. The molecule has 0 aliphatic heterocycles. The molecule has 0 spiro atoms. The Kier molecular flexibility index (Phi) is 47.3. The second kappa shape index (κ2) is 43.4. The van der Waals surface area contributed by atoms with Crippen molar-refractivity contribution in [3.8, 4) is 0 Å². The van der Waals surface area contributed by atoms with Gasteiger partial charge in [-0.3, -0.25) is 0 Å². The molecule has 0 aromatic carbocycles. The van der Waals surface area contributed by atoms with Crippen LogP contribution in [0.25, 0.3) is 0 Å². The lowest BCUT2D eigenvalue weighted by Gasteiger charge is -2.41. The van der Waals surface area contributed by atoms with Crippen molar-refractivity contribution in [3.63, 3.8) is 0 Å². The molecule has 538 valence electrons. The highest BCUT2D eigenvalue weighted by atomic mass is 28.5. The van der Waals surface area contributed by atoms with Gasteiger partial charge in [0, 0.05) is 120 Å². The SMILES string of the molecule is CC(F)(F)CCC(CC(C)(F)F)C(F)(F)F.CCC(F)C(CCC(C)(F)F)C(F)(F)F.CO[Si](CCCN)(OC)O[Si](C)(CCC(F)(F)F)O[Si](CCCN)(OC)OC.CO[Si](CCCN)(OC)O[Si](C)(CCC(F)(F)F)O[Si](CCC[NH3+])(OC)OC.[F-]. The van der Waals surface area contributed by atoms with Crippen LogP contribution >= 0.6 is 0 Å². The summed E-state index contributed by atoms with van der Waals surface area (Å²) in [7, 11) is -8.66. The minimum atomic E-state index is -4.87. The summed E-state index contributed by atoms with van der Waals surface area (Å²) in [6, 6.07) is 0.870. The standard InChI is InChI=1S/2C14H35F3N2O6Si3.C9H13F7.C9H14F6.FH/c2*1-20-27(21-2,11-6-9-18)24-26(5,13-8-14(15,16)17)25-28(22-3,23-4)12-7-10-19;1-7(10,11)4-3-6(9(14,15)16)5-8(2,12)13;1-3-7(10)6(9(13,14)15)4-5-8(2,11)12;/h2*6-13,18-19H2,1-5H3;6H,3-5H2,1-2H3;6-7H,3-5H2,1-2H3;1H. The summed E-state index contributed by atoms with van der Waals surface area (Å²) in [6.45, 7) is 7.47. The first-order chi connectivity index (χ1) is 39.4. The molecule has 0 fully saturated rings. The van der Waals surface area contributed by atoms with Gasteiger partial charge in [-0.25, -0.2) is 30.7 Å². The van der Waals surface area contributed by atoms with Crippen molar-refractivity contribution >= 4 is 52.3 Å². The van der Waals surface area contributed by atoms with Crippen molar-refractivity contribution in [3.05, 3.63) is 0 Å². The first-order valence-corrected chi connectivity index (χ1v) is 40.3. The Morgan fingerprint density at radius 2 is 0.682 bits per heavy atom. The summed E-state index contributed by atoms with van der Waals surface area (Å²) in [5, 5.41) is 0. The second-order valence-corrected chi connectivity index (χ2v) is 40.2. The lowest BCUT2D eigenvalue weighted by molar-refractivity contribution is -0.367. The van der Waals surface area contributed by atoms with Gasteiger partial charge in [0.25, 0.3) is 0 Å². The van der Waals surface area contributed by atoms with Crippen LogP contribution in [-0.4, -0.2) is 184 Å². The third kappa shape index (κ3) is 44.8. The molecule has 0 aliphatic rings. The van der Waals surface area contributed by atoms with Crippen molar-refractivity contribution < 1.29 is 146 Å². The zero-order chi connectivity index (χ0) is 69.3. The number of hydrogen-bond acceptors (Lipinski definition) is 15. The minimum absolute atomic E-state index is 0. The molecule has 0 aromatic heterocycles. The minimum Gasteiger partial charge on any atom is -1.00 e. The molecule has 0 aromatic rings.